The standard InChI is InChI=1S/C15H15NO3/c1-2-18-15(17)19-16(13-9-5-3-6-10-13)14-11-7-4-8-12-14/h3-12H,2H2,1H3. The Bertz CT molecular complexity index is 474. The van der Waals surface area contributed by atoms with E-state index in [1.54, 1.807) is 6.92 Å². The lowest BCUT2D eigenvalue weighted by atomic mass is 10.2. The SMILES string of the molecule is CCOC(=O)ON(c1ccccc1)c1ccccc1. The predicted octanol–water partition coefficient (Wildman–Crippen LogP) is 3.91. The number of benzene rings is 2. The molecule has 0 heterocycles. The molecular formula is C15H15NO3. The first kappa shape index (κ1) is 13.0. The minimum Gasteiger partial charge on any atom is -0.433 e. The fourth-order valence-electron chi connectivity index (χ4n) is 1.60. The van der Waals surface area contributed by atoms with Crippen molar-refractivity contribution in [3.8, 4) is 0 Å². The van der Waals surface area contributed by atoms with E-state index in [-0.39, 0.29) is 6.61 Å². The van der Waals surface area contributed by atoms with Crippen LogP contribution in [0.3, 0.4) is 0 Å². The van der Waals surface area contributed by atoms with Crippen LogP contribution < -0.4 is 5.06 Å². The van der Waals surface area contributed by atoms with Gasteiger partial charge in [0.25, 0.3) is 0 Å². The van der Waals surface area contributed by atoms with Crippen LogP contribution in [0.25, 0.3) is 0 Å². The first-order valence-electron chi connectivity index (χ1n) is 6.06. The average Bonchev–Trinajstić information content (AvgIpc) is 2.47. The first-order chi connectivity index (χ1) is 9.31. The van der Waals surface area contributed by atoms with E-state index >= 15 is 0 Å². The van der Waals surface area contributed by atoms with Crippen molar-refractivity contribution >= 4 is 17.5 Å². The van der Waals surface area contributed by atoms with Crippen molar-refractivity contribution in [2.75, 3.05) is 11.7 Å². The molecular weight excluding hydrogens is 242 g/mol. The van der Waals surface area contributed by atoms with Gasteiger partial charge in [-0.1, -0.05) is 36.4 Å². The summed E-state index contributed by atoms with van der Waals surface area (Å²) >= 11 is 0. The van der Waals surface area contributed by atoms with E-state index in [0.717, 1.165) is 11.4 Å². The number of carbonyl (C=O) groups excluding carboxylic acids is 1. The molecule has 0 spiro atoms. The summed E-state index contributed by atoms with van der Waals surface area (Å²) < 4.78 is 4.81. The molecule has 0 N–H and O–H groups in total. The second-order valence-electron chi connectivity index (χ2n) is 3.74. The normalized spacial score (nSPS) is 9.74. The Morgan fingerprint density at radius 3 is 1.84 bits per heavy atom. The Morgan fingerprint density at radius 1 is 0.947 bits per heavy atom. The molecule has 4 nitrogen and oxygen atoms in total. The molecule has 2 aromatic carbocycles. The molecule has 0 unspecified atom stereocenters. The van der Waals surface area contributed by atoms with Gasteiger partial charge in [-0.3, -0.25) is 0 Å². The van der Waals surface area contributed by atoms with Gasteiger partial charge in [0.1, 0.15) is 0 Å². The molecule has 0 aliphatic rings. The largest absolute Gasteiger partial charge is 0.533 e. The summed E-state index contributed by atoms with van der Waals surface area (Å²) in [5.41, 5.74) is 1.50. The molecule has 0 atom stereocenters. The zero-order chi connectivity index (χ0) is 13.5. The van der Waals surface area contributed by atoms with Crippen LogP contribution in [0.1, 0.15) is 6.92 Å². The summed E-state index contributed by atoms with van der Waals surface area (Å²) in [5.74, 6) is 0. The zero-order valence-electron chi connectivity index (χ0n) is 10.7. The Morgan fingerprint density at radius 2 is 1.42 bits per heavy atom. The summed E-state index contributed by atoms with van der Waals surface area (Å²) in [4.78, 5) is 16.7. The van der Waals surface area contributed by atoms with Gasteiger partial charge in [-0.2, -0.15) is 5.06 Å². The van der Waals surface area contributed by atoms with Gasteiger partial charge in [0.15, 0.2) is 0 Å². The highest BCUT2D eigenvalue weighted by Gasteiger charge is 2.15. The Balaban J connectivity index is 2.26. The average molecular weight is 257 g/mol. The molecule has 0 aliphatic carbocycles. The monoisotopic (exact) mass is 257 g/mol. The number of ether oxygens (including phenoxy) is 1. The minimum atomic E-state index is -0.727. The van der Waals surface area contributed by atoms with Gasteiger partial charge in [-0.05, 0) is 31.2 Å². The lowest BCUT2D eigenvalue weighted by Gasteiger charge is -2.22. The van der Waals surface area contributed by atoms with Crippen molar-refractivity contribution in [3.63, 3.8) is 0 Å². The van der Waals surface area contributed by atoms with Crippen LogP contribution in [0, 0.1) is 0 Å². The maximum absolute atomic E-state index is 11.5. The maximum atomic E-state index is 11.5. The summed E-state index contributed by atoms with van der Waals surface area (Å²) in [6, 6.07) is 18.7. The number of anilines is 2. The number of nitrogens with zero attached hydrogens (tertiary/aromatic N) is 1. The molecule has 0 aliphatic heterocycles. The lowest BCUT2D eigenvalue weighted by Crippen LogP contribution is -2.23. The van der Waals surface area contributed by atoms with Gasteiger partial charge in [0.2, 0.25) is 0 Å². The Kier molecular flexibility index (Phi) is 4.39. The van der Waals surface area contributed by atoms with E-state index in [2.05, 4.69) is 0 Å². The second-order valence-corrected chi connectivity index (χ2v) is 3.74. The van der Waals surface area contributed by atoms with Gasteiger partial charge in [-0.15, -0.1) is 0 Å². The molecule has 0 saturated heterocycles. The van der Waals surface area contributed by atoms with Crippen molar-refractivity contribution in [2.24, 2.45) is 0 Å². The van der Waals surface area contributed by atoms with Crippen molar-refractivity contribution in [3.05, 3.63) is 60.7 Å². The molecule has 19 heavy (non-hydrogen) atoms. The number of hydrogen-bond acceptors (Lipinski definition) is 4. The van der Waals surface area contributed by atoms with Gasteiger partial charge in [-0.25, -0.2) is 4.79 Å². The van der Waals surface area contributed by atoms with Crippen LogP contribution in [0.5, 0.6) is 0 Å². The van der Waals surface area contributed by atoms with E-state index in [1.807, 2.05) is 60.7 Å². The topological polar surface area (TPSA) is 38.8 Å². The van der Waals surface area contributed by atoms with Crippen LogP contribution >= 0.6 is 0 Å². The van der Waals surface area contributed by atoms with Crippen molar-refractivity contribution in [1.82, 2.24) is 0 Å². The van der Waals surface area contributed by atoms with Crippen LogP contribution in [-0.2, 0) is 9.57 Å². The van der Waals surface area contributed by atoms with Gasteiger partial charge in [0, 0.05) is 0 Å². The van der Waals surface area contributed by atoms with Crippen molar-refractivity contribution in [2.45, 2.75) is 6.92 Å². The van der Waals surface area contributed by atoms with Crippen LogP contribution in [0.4, 0.5) is 16.2 Å². The third-order valence-corrected chi connectivity index (χ3v) is 2.41. The molecule has 0 saturated carbocycles. The molecule has 4 heteroatoms. The predicted molar refractivity (Wildman–Crippen MR) is 73.1 cm³/mol. The van der Waals surface area contributed by atoms with Crippen LogP contribution in [0.2, 0.25) is 0 Å². The molecule has 2 aromatic rings. The highest BCUT2D eigenvalue weighted by molar-refractivity contribution is 5.68. The van der Waals surface area contributed by atoms with Gasteiger partial charge >= 0.3 is 6.16 Å². The van der Waals surface area contributed by atoms with Crippen molar-refractivity contribution in [1.29, 1.82) is 0 Å². The van der Waals surface area contributed by atoms with E-state index < -0.39 is 6.16 Å². The number of rotatable bonds is 4. The number of carbonyl (C=O) groups is 1. The summed E-state index contributed by atoms with van der Waals surface area (Å²) in [6.45, 7) is 2.01. The van der Waals surface area contributed by atoms with Gasteiger partial charge < -0.3 is 9.57 Å². The summed E-state index contributed by atoms with van der Waals surface area (Å²) in [7, 11) is 0. The summed E-state index contributed by atoms with van der Waals surface area (Å²) in [5, 5.41) is 1.44. The third kappa shape index (κ3) is 3.48. The number of para-hydroxylation sites is 2. The second kappa shape index (κ2) is 6.44. The molecule has 0 radical (unpaired) electrons. The highest BCUT2D eigenvalue weighted by Crippen LogP contribution is 2.25. The van der Waals surface area contributed by atoms with E-state index in [1.165, 1.54) is 5.06 Å². The lowest BCUT2D eigenvalue weighted by molar-refractivity contribution is 0.0591. The van der Waals surface area contributed by atoms with E-state index in [0.29, 0.717) is 0 Å². The van der Waals surface area contributed by atoms with Crippen molar-refractivity contribution < 1.29 is 14.4 Å². The molecule has 0 aromatic heterocycles. The maximum Gasteiger partial charge on any atom is 0.533 e. The number of hydrogen-bond donors (Lipinski definition) is 0. The fraction of sp³-hybridized carbons (Fsp3) is 0.133. The smallest absolute Gasteiger partial charge is 0.433 e. The van der Waals surface area contributed by atoms with Gasteiger partial charge in [0.05, 0.1) is 18.0 Å². The highest BCUT2D eigenvalue weighted by atomic mass is 16.8. The Labute approximate surface area is 112 Å². The molecule has 0 fully saturated rings. The fourth-order valence-corrected chi connectivity index (χ4v) is 1.60. The van der Waals surface area contributed by atoms with Crippen LogP contribution in [-0.4, -0.2) is 12.8 Å². The van der Waals surface area contributed by atoms with Crippen LogP contribution in [0.15, 0.2) is 60.7 Å². The molecule has 0 amide bonds. The van der Waals surface area contributed by atoms with E-state index in [9.17, 15) is 4.79 Å². The Hall–Kier alpha value is -2.49. The molecule has 2 rings (SSSR count). The molecule has 0 bridgehead atoms. The van der Waals surface area contributed by atoms with E-state index in [4.69, 9.17) is 9.57 Å². The zero-order valence-corrected chi connectivity index (χ0v) is 10.7. The minimum absolute atomic E-state index is 0.274. The third-order valence-electron chi connectivity index (χ3n) is 2.41. The first-order valence-corrected chi connectivity index (χ1v) is 6.06. The quantitative estimate of drug-likeness (QED) is 0.615. The molecule has 98 valence electrons. The summed E-state index contributed by atoms with van der Waals surface area (Å²) in [6.07, 6.45) is -0.727.